The zero-order chi connectivity index (χ0) is 19.4. The Morgan fingerprint density at radius 3 is 2.81 bits per heavy atom. The van der Waals surface area contributed by atoms with Crippen LogP contribution in [0.5, 0.6) is 11.6 Å². The van der Waals surface area contributed by atoms with Crippen molar-refractivity contribution in [2.75, 3.05) is 25.3 Å². The van der Waals surface area contributed by atoms with E-state index in [1.807, 2.05) is 6.92 Å². The molecule has 0 aromatic carbocycles. The third-order valence-corrected chi connectivity index (χ3v) is 5.03. The molecule has 0 spiro atoms. The number of nitrogens with zero attached hydrogens (tertiary/aromatic N) is 4. The van der Waals surface area contributed by atoms with Crippen molar-refractivity contribution in [1.29, 1.82) is 0 Å². The Morgan fingerprint density at radius 2 is 2.11 bits per heavy atom. The molecule has 3 aromatic rings. The van der Waals surface area contributed by atoms with Crippen molar-refractivity contribution in [2.45, 2.75) is 23.6 Å². The van der Waals surface area contributed by atoms with Crippen LogP contribution in [0.15, 0.2) is 23.5 Å². The molecule has 3 rings (SSSR count). The number of anilines is 2. The van der Waals surface area contributed by atoms with E-state index in [1.54, 1.807) is 12.1 Å². The number of H-pyrrole nitrogens is 1. The van der Waals surface area contributed by atoms with E-state index in [1.165, 1.54) is 32.3 Å². The molecule has 0 aliphatic rings. The van der Waals surface area contributed by atoms with Crippen LogP contribution in [0.2, 0.25) is 0 Å². The standard InChI is InChI=1S/C16H19N7O3S/c1-4-9(27-15-11-12(19-7-18-11)22-16(17)23-15)13(24)20-10-6-5-8(25-2)14(21-10)26-3/h5-7,9H,4H2,1-3H3,(H,20,21,24)(H3,17,18,19,22,23)/t9-/m1/s1. The van der Waals surface area contributed by atoms with Gasteiger partial charge in [0.1, 0.15) is 16.4 Å². The van der Waals surface area contributed by atoms with Crippen LogP contribution in [0.1, 0.15) is 13.3 Å². The van der Waals surface area contributed by atoms with Crippen molar-refractivity contribution in [1.82, 2.24) is 24.9 Å². The highest BCUT2D eigenvalue weighted by atomic mass is 32.2. The monoisotopic (exact) mass is 389 g/mol. The first-order valence-electron chi connectivity index (χ1n) is 8.08. The Kier molecular flexibility index (Phi) is 5.60. The van der Waals surface area contributed by atoms with Gasteiger partial charge >= 0.3 is 0 Å². The zero-order valence-corrected chi connectivity index (χ0v) is 15.8. The number of pyridine rings is 1. The molecule has 0 unspecified atom stereocenters. The van der Waals surface area contributed by atoms with Crippen molar-refractivity contribution in [3.8, 4) is 11.6 Å². The van der Waals surface area contributed by atoms with Crippen LogP contribution in [0, 0.1) is 0 Å². The van der Waals surface area contributed by atoms with E-state index in [0.717, 1.165) is 0 Å². The van der Waals surface area contributed by atoms with Gasteiger partial charge in [-0.15, -0.1) is 0 Å². The lowest BCUT2D eigenvalue weighted by Crippen LogP contribution is -2.25. The molecule has 0 aliphatic carbocycles. The van der Waals surface area contributed by atoms with E-state index in [9.17, 15) is 4.79 Å². The summed E-state index contributed by atoms with van der Waals surface area (Å²) in [6.07, 6.45) is 2.08. The Morgan fingerprint density at radius 1 is 1.30 bits per heavy atom. The lowest BCUT2D eigenvalue weighted by Gasteiger charge is -2.15. The van der Waals surface area contributed by atoms with Crippen molar-refractivity contribution < 1.29 is 14.3 Å². The van der Waals surface area contributed by atoms with Gasteiger partial charge in [-0.2, -0.15) is 9.97 Å². The number of rotatable bonds is 7. The second-order valence-electron chi connectivity index (χ2n) is 5.40. The van der Waals surface area contributed by atoms with Gasteiger partial charge in [-0.3, -0.25) is 4.79 Å². The number of nitrogens with two attached hydrogens (primary N) is 1. The molecule has 0 aliphatic heterocycles. The minimum Gasteiger partial charge on any atom is -0.491 e. The van der Waals surface area contributed by atoms with Gasteiger partial charge in [0.25, 0.3) is 5.88 Å². The summed E-state index contributed by atoms with van der Waals surface area (Å²) < 4.78 is 10.3. The molecule has 11 heteroatoms. The van der Waals surface area contributed by atoms with E-state index in [4.69, 9.17) is 15.2 Å². The number of carbonyl (C=O) groups is 1. The second kappa shape index (κ2) is 8.08. The normalized spacial score (nSPS) is 12.0. The van der Waals surface area contributed by atoms with Crippen LogP contribution in [0.4, 0.5) is 11.8 Å². The van der Waals surface area contributed by atoms with Crippen LogP contribution in [-0.2, 0) is 4.79 Å². The van der Waals surface area contributed by atoms with Gasteiger partial charge < -0.3 is 25.5 Å². The number of hydrogen-bond acceptors (Lipinski definition) is 9. The Hall–Kier alpha value is -3.08. The van der Waals surface area contributed by atoms with E-state index < -0.39 is 5.25 Å². The highest BCUT2D eigenvalue weighted by Crippen LogP contribution is 2.30. The number of imidazole rings is 1. The number of nitrogen functional groups attached to an aromatic ring is 1. The van der Waals surface area contributed by atoms with Gasteiger partial charge in [0.05, 0.1) is 25.8 Å². The molecule has 27 heavy (non-hydrogen) atoms. The Bertz CT molecular complexity index is 962. The molecule has 10 nitrogen and oxygen atoms in total. The van der Waals surface area contributed by atoms with Crippen molar-refractivity contribution >= 4 is 40.6 Å². The molecule has 3 aromatic heterocycles. The first-order valence-corrected chi connectivity index (χ1v) is 8.96. The molecule has 0 saturated carbocycles. The van der Waals surface area contributed by atoms with Crippen molar-refractivity contribution in [3.63, 3.8) is 0 Å². The average Bonchev–Trinajstić information content (AvgIpc) is 3.14. The smallest absolute Gasteiger partial charge is 0.258 e. The highest BCUT2D eigenvalue weighted by molar-refractivity contribution is 8.00. The van der Waals surface area contributed by atoms with Crippen molar-refractivity contribution in [2.24, 2.45) is 0 Å². The minimum atomic E-state index is -0.416. The molecule has 0 fully saturated rings. The quantitative estimate of drug-likeness (QED) is 0.408. The number of thioether (sulfide) groups is 1. The van der Waals surface area contributed by atoms with Crippen LogP contribution in [0.3, 0.4) is 0 Å². The Labute approximate surface area is 159 Å². The zero-order valence-electron chi connectivity index (χ0n) is 15.0. The number of carbonyl (C=O) groups excluding carboxylic acids is 1. The fraction of sp³-hybridized carbons (Fsp3) is 0.312. The predicted molar refractivity (Wildman–Crippen MR) is 102 cm³/mol. The third-order valence-electron chi connectivity index (χ3n) is 3.68. The molecule has 1 atom stereocenters. The van der Waals surface area contributed by atoms with Crippen LogP contribution < -0.4 is 20.5 Å². The fourth-order valence-corrected chi connectivity index (χ4v) is 3.39. The van der Waals surface area contributed by atoms with Gasteiger partial charge in [0, 0.05) is 0 Å². The van der Waals surface area contributed by atoms with Crippen LogP contribution in [0.25, 0.3) is 11.2 Å². The summed E-state index contributed by atoms with van der Waals surface area (Å²) in [5.41, 5.74) is 6.84. The minimum absolute atomic E-state index is 0.105. The summed E-state index contributed by atoms with van der Waals surface area (Å²) in [5, 5.41) is 2.94. The van der Waals surface area contributed by atoms with Gasteiger partial charge in [-0.25, -0.2) is 9.97 Å². The molecule has 142 valence electrons. The van der Waals surface area contributed by atoms with Gasteiger partial charge in [0.2, 0.25) is 11.9 Å². The summed E-state index contributed by atoms with van der Waals surface area (Å²) in [6.45, 7) is 1.91. The predicted octanol–water partition coefficient (Wildman–Crippen LogP) is 1.86. The highest BCUT2D eigenvalue weighted by Gasteiger charge is 2.22. The average molecular weight is 389 g/mol. The number of amides is 1. The Balaban J connectivity index is 1.79. The maximum atomic E-state index is 12.7. The lowest BCUT2D eigenvalue weighted by molar-refractivity contribution is -0.115. The maximum Gasteiger partial charge on any atom is 0.258 e. The SMILES string of the molecule is CC[C@@H](Sc1nc(N)nc2nc[nH]c12)C(=O)Nc1ccc(OC)c(OC)n1. The third kappa shape index (κ3) is 4.03. The molecule has 1 amide bonds. The molecule has 0 radical (unpaired) electrons. The summed E-state index contributed by atoms with van der Waals surface area (Å²) >= 11 is 1.28. The number of hydrogen-bond donors (Lipinski definition) is 3. The summed E-state index contributed by atoms with van der Waals surface area (Å²) in [7, 11) is 3.00. The van der Waals surface area contributed by atoms with Gasteiger partial charge in [-0.05, 0) is 18.6 Å². The van der Waals surface area contributed by atoms with Gasteiger partial charge in [-0.1, -0.05) is 18.7 Å². The maximum absolute atomic E-state index is 12.7. The largest absolute Gasteiger partial charge is 0.491 e. The van der Waals surface area contributed by atoms with E-state index in [-0.39, 0.29) is 11.9 Å². The van der Waals surface area contributed by atoms with E-state index >= 15 is 0 Å². The number of nitrogens with one attached hydrogen (secondary N) is 2. The first-order chi connectivity index (χ1) is 13.0. The fourth-order valence-electron chi connectivity index (χ4n) is 2.37. The molecular weight excluding hydrogens is 370 g/mol. The molecule has 0 saturated heterocycles. The number of ether oxygens (including phenoxy) is 2. The number of fused-ring (bicyclic) bond motifs is 1. The summed E-state index contributed by atoms with van der Waals surface area (Å²) in [4.78, 5) is 32.3. The summed E-state index contributed by atoms with van der Waals surface area (Å²) in [5.74, 6) is 1.03. The van der Waals surface area contributed by atoms with E-state index in [0.29, 0.717) is 40.1 Å². The number of aromatic nitrogens is 5. The van der Waals surface area contributed by atoms with Crippen LogP contribution >= 0.6 is 11.8 Å². The first kappa shape index (κ1) is 18.7. The summed E-state index contributed by atoms with van der Waals surface area (Å²) in [6, 6.07) is 3.32. The number of methoxy groups -OCH3 is 2. The van der Waals surface area contributed by atoms with Gasteiger partial charge in [0.15, 0.2) is 11.4 Å². The van der Waals surface area contributed by atoms with Crippen LogP contribution in [-0.4, -0.2) is 50.3 Å². The molecule has 3 heterocycles. The lowest BCUT2D eigenvalue weighted by atomic mass is 10.3. The second-order valence-corrected chi connectivity index (χ2v) is 6.59. The topological polar surface area (TPSA) is 141 Å². The molecule has 4 N–H and O–H groups in total. The number of aromatic amines is 1. The molecule has 0 bridgehead atoms. The van der Waals surface area contributed by atoms with Crippen molar-refractivity contribution in [3.05, 3.63) is 18.5 Å². The van der Waals surface area contributed by atoms with E-state index in [2.05, 4.69) is 30.2 Å². The molecular formula is C16H19N7O3S.